The van der Waals surface area contributed by atoms with Crippen LogP contribution in [0.1, 0.15) is 52.0 Å². The Bertz CT molecular complexity index is 928. The monoisotopic (exact) mass is 415 g/mol. The van der Waals surface area contributed by atoms with Crippen LogP contribution in [0, 0.1) is 5.41 Å². The third-order valence-corrected chi connectivity index (χ3v) is 5.27. The zero-order valence-electron chi connectivity index (χ0n) is 18.2. The van der Waals surface area contributed by atoms with Crippen molar-refractivity contribution in [2.24, 2.45) is 11.1 Å². The summed E-state index contributed by atoms with van der Waals surface area (Å²) in [5, 5.41) is 0. The maximum Gasteiger partial charge on any atom is 0.340 e. The number of ketones is 1. The van der Waals surface area contributed by atoms with Crippen molar-refractivity contribution in [1.82, 2.24) is 0 Å². The zero-order chi connectivity index (χ0) is 22.1. The lowest BCUT2D eigenvalue weighted by Crippen LogP contribution is -2.35. The maximum absolute atomic E-state index is 13.2. The van der Waals surface area contributed by atoms with Crippen molar-refractivity contribution in [3.05, 3.63) is 46.6 Å². The van der Waals surface area contributed by atoms with Crippen molar-refractivity contribution in [1.29, 1.82) is 0 Å². The van der Waals surface area contributed by atoms with Gasteiger partial charge in [-0.1, -0.05) is 19.9 Å². The van der Waals surface area contributed by atoms with Gasteiger partial charge < -0.3 is 24.7 Å². The molecule has 162 valence electrons. The number of hydrogen-bond donors (Lipinski definition) is 1. The normalized spacial score (nSPS) is 20.4. The molecule has 0 saturated heterocycles. The first-order valence-electron chi connectivity index (χ1n) is 10.1. The van der Waals surface area contributed by atoms with Crippen LogP contribution in [0.4, 0.5) is 0 Å². The summed E-state index contributed by atoms with van der Waals surface area (Å²) < 4.78 is 22.1. The Morgan fingerprint density at radius 3 is 2.57 bits per heavy atom. The molecule has 0 aromatic heterocycles. The molecule has 0 fully saturated rings. The van der Waals surface area contributed by atoms with Gasteiger partial charge in [-0.3, -0.25) is 4.79 Å². The van der Waals surface area contributed by atoms with Crippen LogP contribution >= 0.6 is 0 Å². The molecular weight excluding hydrogens is 386 g/mol. The van der Waals surface area contributed by atoms with Gasteiger partial charge >= 0.3 is 5.97 Å². The molecule has 1 aliphatic carbocycles. The summed E-state index contributed by atoms with van der Waals surface area (Å²) in [6.45, 7) is 8.28. The van der Waals surface area contributed by atoms with E-state index in [0.29, 0.717) is 47.8 Å². The molecule has 1 atom stereocenters. The van der Waals surface area contributed by atoms with E-state index in [4.69, 9.17) is 24.7 Å². The topological polar surface area (TPSA) is 97.1 Å². The summed E-state index contributed by atoms with van der Waals surface area (Å²) in [5.41, 5.74) is 7.21. The Kier molecular flexibility index (Phi) is 6.10. The molecule has 7 nitrogen and oxygen atoms in total. The number of ether oxygens (including phenoxy) is 4. The van der Waals surface area contributed by atoms with E-state index in [0.717, 1.165) is 0 Å². The summed E-state index contributed by atoms with van der Waals surface area (Å²) in [7, 11) is 1.54. The summed E-state index contributed by atoms with van der Waals surface area (Å²) in [6, 6.07) is 5.35. The molecule has 1 aliphatic heterocycles. The minimum atomic E-state index is -0.694. The standard InChI is InChI=1S/C23H29NO6/c1-6-28-15-9-8-13(10-16(15)27-5)18-19-14(25)11-23(3,4)12-17(19)30-21(24)20(18)22(26)29-7-2/h8-10,18H,6-7,11-12,24H2,1-5H3/t18-/m1/s1. The van der Waals surface area contributed by atoms with Gasteiger partial charge in [-0.15, -0.1) is 0 Å². The number of methoxy groups -OCH3 is 1. The molecule has 0 radical (unpaired) electrons. The number of esters is 1. The third kappa shape index (κ3) is 4.01. The van der Waals surface area contributed by atoms with Crippen LogP contribution in [0.3, 0.4) is 0 Å². The Morgan fingerprint density at radius 1 is 1.20 bits per heavy atom. The second-order valence-electron chi connectivity index (χ2n) is 8.15. The van der Waals surface area contributed by atoms with Gasteiger partial charge in [0, 0.05) is 18.4 Å². The fraction of sp³-hybridized carbons (Fsp3) is 0.478. The number of hydrogen-bond acceptors (Lipinski definition) is 7. The van der Waals surface area contributed by atoms with E-state index in [1.807, 2.05) is 26.8 Å². The minimum absolute atomic E-state index is 0.0319. The lowest BCUT2D eigenvalue weighted by Gasteiger charge is -2.38. The molecule has 0 saturated carbocycles. The van der Waals surface area contributed by atoms with Crippen LogP contribution in [0.5, 0.6) is 11.5 Å². The molecule has 2 aliphatic rings. The largest absolute Gasteiger partial charge is 0.493 e. The molecule has 7 heteroatoms. The van der Waals surface area contributed by atoms with Crippen molar-refractivity contribution in [3.63, 3.8) is 0 Å². The van der Waals surface area contributed by atoms with Crippen LogP contribution in [-0.2, 0) is 19.1 Å². The predicted octanol–water partition coefficient (Wildman–Crippen LogP) is 3.58. The third-order valence-electron chi connectivity index (χ3n) is 5.27. The Morgan fingerprint density at radius 2 is 1.93 bits per heavy atom. The highest BCUT2D eigenvalue weighted by molar-refractivity contribution is 6.03. The average molecular weight is 415 g/mol. The molecule has 30 heavy (non-hydrogen) atoms. The first-order valence-corrected chi connectivity index (χ1v) is 10.1. The molecule has 3 rings (SSSR count). The smallest absolute Gasteiger partial charge is 0.340 e. The quantitative estimate of drug-likeness (QED) is 0.709. The van der Waals surface area contributed by atoms with Crippen molar-refractivity contribution in [3.8, 4) is 11.5 Å². The molecule has 0 bridgehead atoms. The molecule has 0 unspecified atom stereocenters. The van der Waals surface area contributed by atoms with Crippen LogP contribution in [0.2, 0.25) is 0 Å². The maximum atomic E-state index is 13.2. The van der Waals surface area contributed by atoms with Gasteiger partial charge in [0.15, 0.2) is 17.3 Å². The number of Topliss-reactive ketones (excluding diaryl/α,β-unsaturated/α-hetero) is 1. The van der Waals surface area contributed by atoms with Gasteiger partial charge in [0.2, 0.25) is 5.88 Å². The lowest BCUT2D eigenvalue weighted by atomic mass is 9.70. The molecule has 1 heterocycles. The van der Waals surface area contributed by atoms with E-state index < -0.39 is 11.9 Å². The second-order valence-corrected chi connectivity index (χ2v) is 8.15. The minimum Gasteiger partial charge on any atom is -0.493 e. The Balaban J connectivity index is 2.18. The van der Waals surface area contributed by atoms with Crippen molar-refractivity contribution in [2.45, 2.75) is 46.5 Å². The van der Waals surface area contributed by atoms with E-state index in [9.17, 15) is 9.59 Å². The van der Waals surface area contributed by atoms with Crippen LogP contribution in [0.15, 0.2) is 41.0 Å². The fourth-order valence-corrected chi connectivity index (χ4v) is 4.06. The van der Waals surface area contributed by atoms with Crippen LogP contribution in [0.25, 0.3) is 0 Å². The predicted molar refractivity (Wildman–Crippen MR) is 111 cm³/mol. The van der Waals surface area contributed by atoms with Crippen LogP contribution in [-0.4, -0.2) is 32.1 Å². The highest BCUT2D eigenvalue weighted by Gasteiger charge is 2.45. The molecule has 2 N–H and O–H groups in total. The van der Waals surface area contributed by atoms with Crippen molar-refractivity contribution < 1.29 is 28.5 Å². The number of benzene rings is 1. The van der Waals surface area contributed by atoms with E-state index >= 15 is 0 Å². The molecule has 0 spiro atoms. The van der Waals surface area contributed by atoms with Gasteiger partial charge in [0.05, 0.1) is 26.2 Å². The summed E-state index contributed by atoms with van der Waals surface area (Å²) in [5.74, 6) is 0.214. The molecule has 0 amide bonds. The summed E-state index contributed by atoms with van der Waals surface area (Å²) >= 11 is 0. The van der Waals surface area contributed by atoms with Gasteiger partial charge in [-0.05, 0) is 37.0 Å². The first-order chi connectivity index (χ1) is 14.2. The first kappa shape index (κ1) is 21.7. The second kappa shape index (κ2) is 8.42. The number of rotatable bonds is 6. The fourth-order valence-electron chi connectivity index (χ4n) is 4.06. The van der Waals surface area contributed by atoms with E-state index in [-0.39, 0.29) is 29.3 Å². The van der Waals surface area contributed by atoms with Gasteiger partial charge in [0.1, 0.15) is 11.3 Å². The zero-order valence-corrected chi connectivity index (χ0v) is 18.2. The highest BCUT2D eigenvalue weighted by Crippen LogP contribution is 2.49. The van der Waals surface area contributed by atoms with Crippen LogP contribution < -0.4 is 15.2 Å². The summed E-state index contributed by atoms with van der Waals surface area (Å²) in [4.78, 5) is 26.0. The average Bonchev–Trinajstić information content (AvgIpc) is 2.66. The SMILES string of the molecule is CCOC(=O)C1=C(N)OC2=C(C(=O)CC(C)(C)C2)[C@H]1c1ccc(OCC)c(OC)c1. The Labute approximate surface area is 176 Å². The number of carbonyl (C=O) groups is 2. The van der Waals surface area contributed by atoms with Gasteiger partial charge in [0.25, 0.3) is 0 Å². The highest BCUT2D eigenvalue weighted by atomic mass is 16.5. The Hall–Kier alpha value is -2.96. The number of carbonyl (C=O) groups excluding carboxylic acids is 2. The molecular formula is C23H29NO6. The van der Waals surface area contributed by atoms with Crippen molar-refractivity contribution in [2.75, 3.05) is 20.3 Å². The molecule has 1 aromatic carbocycles. The number of nitrogens with two attached hydrogens (primary N) is 1. The van der Waals surface area contributed by atoms with Gasteiger partial charge in [-0.2, -0.15) is 0 Å². The van der Waals surface area contributed by atoms with E-state index in [1.165, 1.54) is 0 Å². The molecule has 1 aromatic rings. The number of allylic oxidation sites excluding steroid dienone is 2. The van der Waals surface area contributed by atoms with Gasteiger partial charge in [-0.25, -0.2) is 4.79 Å². The lowest BCUT2D eigenvalue weighted by molar-refractivity contribution is -0.139. The van der Waals surface area contributed by atoms with Crippen molar-refractivity contribution >= 4 is 11.8 Å². The van der Waals surface area contributed by atoms with E-state index in [2.05, 4.69) is 0 Å². The van der Waals surface area contributed by atoms with E-state index in [1.54, 1.807) is 26.2 Å². The summed E-state index contributed by atoms with van der Waals surface area (Å²) in [6.07, 6.45) is 0.908.